The lowest BCUT2D eigenvalue weighted by atomic mass is 10.1. The molecule has 4 rings (SSSR count). The van der Waals surface area contributed by atoms with Crippen LogP contribution >= 0.6 is 0 Å². The van der Waals surface area contributed by atoms with Crippen LogP contribution in [-0.2, 0) is 17.7 Å². The summed E-state index contributed by atoms with van der Waals surface area (Å²) in [5.74, 6) is -0.502. The van der Waals surface area contributed by atoms with Crippen LogP contribution in [0.3, 0.4) is 0 Å². The first-order chi connectivity index (χ1) is 12.1. The van der Waals surface area contributed by atoms with Gasteiger partial charge in [0.25, 0.3) is 5.56 Å². The molecular weight excluding hydrogens is 327 g/mol. The predicted molar refractivity (Wildman–Crippen MR) is 87.9 cm³/mol. The normalized spacial score (nSPS) is 19.9. The van der Waals surface area contributed by atoms with Gasteiger partial charge in [-0.15, -0.1) is 0 Å². The molecule has 0 saturated carbocycles. The third-order valence-corrected chi connectivity index (χ3v) is 4.73. The van der Waals surface area contributed by atoms with Crippen LogP contribution in [0, 0.1) is 5.82 Å². The van der Waals surface area contributed by atoms with E-state index < -0.39 is 5.82 Å². The van der Waals surface area contributed by atoms with Gasteiger partial charge in [-0.2, -0.15) is 0 Å². The number of carbonyl (C=O) groups is 1. The van der Waals surface area contributed by atoms with Crippen molar-refractivity contribution in [2.75, 3.05) is 19.7 Å². The number of hydrogen-bond donors (Lipinski definition) is 1. The number of amides is 2. The molecule has 2 aromatic heterocycles. The Labute approximate surface area is 143 Å². The Hall–Kier alpha value is -2.48. The highest BCUT2D eigenvalue weighted by atomic mass is 19.1. The van der Waals surface area contributed by atoms with Gasteiger partial charge in [0.05, 0.1) is 23.9 Å². The molecule has 1 fully saturated rings. The van der Waals surface area contributed by atoms with Crippen LogP contribution in [0.5, 0.6) is 0 Å². The number of pyridine rings is 1. The second-order valence-electron chi connectivity index (χ2n) is 6.41. The molecule has 1 unspecified atom stereocenters. The largest absolute Gasteiger partial charge is 0.376 e. The van der Waals surface area contributed by atoms with E-state index in [1.165, 1.54) is 16.5 Å². The van der Waals surface area contributed by atoms with E-state index in [4.69, 9.17) is 4.74 Å². The fourth-order valence-electron chi connectivity index (χ4n) is 3.36. The van der Waals surface area contributed by atoms with Crippen molar-refractivity contribution in [3.05, 3.63) is 45.8 Å². The van der Waals surface area contributed by atoms with E-state index in [0.717, 1.165) is 25.6 Å². The van der Waals surface area contributed by atoms with Gasteiger partial charge in [-0.3, -0.25) is 9.20 Å². The lowest BCUT2D eigenvalue weighted by Gasteiger charge is -2.28. The van der Waals surface area contributed by atoms with Gasteiger partial charge in [-0.1, -0.05) is 0 Å². The maximum absolute atomic E-state index is 13.4. The monoisotopic (exact) mass is 346 g/mol. The van der Waals surface area contributed by atoms with Crippen LogP contribution in [0.1, 0.15) is 24.1 Å². The molecule has 25 heavy (non-hydrogen) atoms. The lowest BCUT2D eigenvalue weighted by molar-refractivity contribution is 0.108. The summed E-state index contributed by atoms with van der Waals surface area (Å²) in [4.78, 5) is 31.0. The Morgan fingerprint density at radius 3 is 3.12 bits per heavy atom. The summed E-state index contributed by atoms with van der Waals surface area (Å²) in [5, 5.41) is 2.86. The fraction of sp³-hybridized carbons (Fsp3) is 0.471. The van der Waals surface area contributed by atoms with Gasteiger partial charge in [-0.05, 0) is 25.0 Å². The molecule has 0 aromatic carbocycles. The maximum Gasteiger partial charge on any atom is 0.317 e. The predicted octanol–water partition coefficient (Wildman–Crippen LogP) is 1.08. The highest BCUT2D eigenvalue weighted by Gasteiger charge is 2.26. The summed E-state index contributed by atoms with van der Waals surface area (Å²) in [6.45, 7) is 1.89. The number of halogens is 1. The highest BCUT2D eigenvalue weighted by molar-refractivity contribution is 5.74. The first-order valence-corrected chi connectivity index (χ1v) is 8.46. The number of nitrogens with zero attached hydrogens (tertiary/aromatic N) is 3. The minimum atomic E-state index is -0.502. The van der Waals surface area contributed by atoms with Crippen molar-refractivity contribution in [3.63, 3.8) is 0 Å². The smallest absolute Gasteiger partial charge is 0.317 e. The Kier molecular flexibility index (Phi) is 4.12. The zero-order valence-electron chi connectivity index (χ0n) is 13.7. The number of hydrogen-bond acceptors (Lipinski definition) is 4. The highest BCUT2D eigenvalue weighted by Crippen LogP contribution is 2.16. The summed E-state index contributed by atoms with van der Waals surface area (Å²) < 4.78 is 20.1. The average Bonchev–Trinajstić information content (AvgIpc) is 3.14. The van der Waals surface area contributed by atoms with E-state index in [0.29, 0.717) is 36.4 Å². The Morgan fingerprint density at radius 2 is 2.32 bits per heavy atom. The molecule has 1 saturated heterocycles. The third kappa shape index (κ3) is 3.09. The molecular formula is C17H19FN4O3. The van der Waals surface area contributed by atoms with E-state index in [2.05, 4.69) is 10.3 Å². The standard InChI is InChI=1S/C17H19FN4O3/c18-11-3-4-15-20-14-5-6-21(10-13(14)16(23)22(15)9-11)17(24)19-8-12-2-1-7-25-12/h3-4,9,12H,1-2,5-8,10H2,(H,19,24). The summed E-state index contributed by atoms with van der Waals surface area (Å²) in [7, 11) is 0. The number of fused-ring (bicyclic) bond motifs is 2. The third-order valence-electron chi connectivity index (χ3n) is 4.73. The molecule has 2 aliphatic rings. The van der Waals surface area contributed by atoms with E-state index in [9.17, 15) is 14.0 Å². The Bertz CT molecular complexity index is 876. The van der Waals surface area contributed by atoms with Gasteiger partial charge in [0.15, 0.2) is 0 Å². The average molecular weight is 346 g/mol. The van der Waals surface area contributed by atoms with Gasteiger partial charge in [0, 0.05) is 32.3 Å². The summed E-state index contributed by atoms with van der Waals surface area (Å²) in [6.07, 6.45) is 3.67. The summed E-state index contributed by atoms with van der Waals surface area (Å²) in [6, 6.07) is 2.55. The van der Waals surface area contributed by atoms with Gasteiger partial charge in [0.1, 0.15) is 11.5 Å². The second-order valence-corrected chi connectivity index (χ2v) is 6.41. The van der Waals surface area contributed by atoms with E-state index in [1.54, 1.807) is 4.90 Å². The summed E-state index contributed by atoms with van der Waals surface area (Å²) in [5.41, 5.74) is 1.22. The van der Waals surface area contributed by atoms with Crippen LogP contribution in [0.15, 0.2) is 23.1 Å². The molecule has 4 heterocycles. The van der Waals surface area contributed by atoms with Crippen molar-refractivity contribution in [2.24, 2.45) is 0 Å². The molecule has 0 spiro atoms. The zero-order chi connectivity index (χ0) is 17.4. The zero-order valence-corrected chi connectivity index (χ0v) is 13.7. The van der Waals surface area contributed by atoms with Crippen molar-refractivity contribution in [1.29, 1.82) is 0 Å². The summed E-state index contributed by atoms with van der Waals surface area (Å²) >= 11 is 0. The molecule has 7 nitrogen and oxygen atoms in total. The second kappa shape index (κ2) is 6.44. The Balaban J connectivity index is 1.53. The van der Waals surface area contributed by atoms with Crippen LogP contribution in [0.4, 0.5) is 9.18 Å². The number of nitrogens with one attached hydrogen (secondary N) is 1. The van der Waals surface area contributed by atoms with Gasteiger partial charge in [0.2, 0.25) is 0 Å². The molecule has 8 heteroatoms. The molecule has 2 amide bonds. The topological polar surface area (TPSA) is 75.9 Å². The number of ether oxygens (including phenoxy) is 1. The molecule has 1 N–H and O–H groups in total. The van der Waals surface area contributed by atoms with Gasteiger partial charge >= 0.3 is 6.03 Å². The van der Waals surface area contributed by atoms with Crippen molar-refractivity contribution < 1.29 is 13.9 Å². The van der Waals surface area contributed by atoms with E-state index in [1.807, 2.05) is 0 Å². The molecule has 0 radical (unpaired) electrons. The minimum absolute atomic E-state index is 0.0697. The molecule has 2 aromatic rings. The number of carbonyl (C=O) groups excluding carboxylic acids is 1. The van der Waals surface area contributed by atoms with E-state index >= 15 is 0 Å². The van der Waals surface area contributed by atoms with Crippen LogP contribution in [0.25, 0.3) is 5.65 Å². The van der Waals surface area contributed by atoms with Gasteiger partial charge in [-0.25, -0.2) is 14.2 Å². The molecule has 0 aliphatic carbocycles. The van der Waals surface area contributed by atoms with Gasteiger partial charge < -0.3 is 15.0 Å². The van der Waals surface area contributed by atoms with Crippen molar-refractivity contribution in [3.8, 4) is 0 Å². The van der Waals surface area contributed by atoms with Crippen molar-refractivity contribution in [1.82, 2.24) is 19.6 Å². The van der Waals surface area contributed by atoms with Crippen molar-refractivity contribution in [2.45, 2.75) is 31.9 Å². The van der Waals surface area contributed by atoms with Crippen molar-refractivity contribution >= 4 is 11.7 Å². The SMILES string of the molecule is O=C(NCC1CCCO1)N1CCc2nc3ccc(F)cn3c(=O)c2C1. The van der Waals surface area contributed by atoms with Crippen LogP contribution in [0.2, 0.25) is 0 Å². The molecule has 1 atom stereocenters. The molecule has 0 bridgehead atoms. The number of rotatable bonds is 2. The molecule has 2 aliphatic heterocycles. The first kappa shape index (κ1) is 16.0. The number of urea groups is 1. The quantitative estimate of drug-likeness (QED) is 0.883. The minimum Gasteiger partial charge on any atom is -0.376 e. The maximum atomic E-state index is 13.4. The van der Waals surface area contributed by atoms with Crippen LogP contribution in [-0.4, -0.2) is 46.1 Å². The lowest BCUT2D eigenvalue weighted by Crippen LogP contribution is -2.46. The molecule has 132 valence electrons. The first-order valence-electron chi connectivity index (χ1n) is 8.46. The van der Waals surface area contributed by atoms with E-state index in [-0.39, 0.29) is 24.2 Å². The Morgan fingerprint density at radius 1 is 1.44 bits per heavy atom. The number of aromatic nitrogens is 2. The van der Waals surface area contributed by atoms with Crippen LogP contribution < -0.4 is 10.9 Å². The fourth-order valence-corrected chi connectivity index (χ4v) is 3.36.